The van der Waals surface area contributed by atoms with Gasteiger partial charge in [-0.05, 0) is 38.5 Å². The van der Waals surface area contributed by atoms with Crippen molar-refractivity contribution in [1.29, 1.82) is 0 Å². The molecule has 0 saturated carbocycles. The fourth-order valence-corrected chi connectivity index (χ4v) is 3.48. The molecule has 0 saturated heterocycles. The SMILES string of the molecule is CC(C)=CCc1c(O)ccc2c1OC[C@H]1c3ccc(O)cc3O[C@@H]21. The van der Waals surface area contributed by atoms with E-state index in [0.29, 0.717) is 18.8 Å². The summed E-state index contributed by atoms with van der Waals surface area (Å²) in [6.07, 6.45) is 2.56. The van der Waals surface area contributed by atoms with Crippen LogP contribution < -0.4 is 9.47 Å². The van der Waals surface area contributed by atoms with Crippen LogP contribution in [0.5, 0.6) is 23.0 Å². The molecule has 0 aromatic heterocycles. The van der Waals surface area contributed by atoms with Gasteiger partial charge < -0.3 is 19.7 Å². The zero-order chi connectivity index (χ0) is 16.8. The average Bonchev–Trinajstić information content (AvgIpc) is 2.91. The first kappa shape index (κ1) is 14.9. The Morgan fingerprint density at radius 1 is 1.17 bits per heavy atom. The predicted octanol–water partition coefficient (Wildman–Crippen LogP) is 4.22. The summed E-state index contributed by atoms with van der Waals surface area (Å²) in [6, 6.07) is 8.81. The van der Waals surface area contributed by atoms with E-state index in [9.17, 15) is 10.2 Å². The van der Waals surface area contributed by atoms with Crippen LogP contribution in [0.15, 0.2) is 42.0 Å². The number of ether oxygens (including phenoxy) is 2. The van der Waals surface area contributed by atoms with E-state index in [1.165, 1.54) is 5.57 Å². The highest BCUT2D eigenvalue weighted by atomic mass is 16.5. The Hall–Kier alpha value is -2.62. The van der Waals surface area contributed by atoms with Gasteiger partial charge in [0.1, 0.15) is 29.1 Å². The van der Waals surface area contributed by atoms with E-state index < -0.39 is 0 Å². The highest BCUT2D eigenvalue weighted by Gasteiger charge is 2.41. The number of rotatable bonds is 2. The van der Waals surface area contributed by atoms with Crippen LogP contribution in [0.2, 0.25) is 0 Å². The fourth-order valence-electron chi connectivity index (χ4n) is 3.48. The summed E-state index contributed by atoms with van der Waals surface area (Å²) in [7, 11) is 0. The van der Waals surface area contributed by atoms with Crippen molar-refractivity contribution < 1.29 is 19.7 Å². The van der Waals surface area contributed by atoms with Crippen molar-refractivity contribution >= 4 is 0 Å². The molecule has 0 unspecified atom stereocenters. The molecule has 0 amide bonds. The molecule has 2 aromatic rings. The van der Waals surface area contributed by atoms with Gasteiger partial charge in [0.15, 0.2) is 0 Å². The van der Waals surface area contributed by atoms with Crippen molar-refractivity contribution in [2.75, 3.05) is 6.61 Å². The van der Waals surface area contributed by atoms with Crippen molar-refractivity contribution in [2.24, 2.45) is 0 Å². The summed E-state index contributed by atoms with van der Waals surface area (Å²) in [5.74, 6) is 1.99. The van der Waals surface area contributed by atoms with Crippen molar-refractivity contribution in [3.05, 3.63) is 58.7 Å². The Bertz CT molecular complexity index is 834. The van der Waals surface area contributed by atoms with Gasteiger partial charge in [-0.25, -0.2) is 0 Å². The second kappa shape index (κ2) is 5.48. The average molecular weight is 324 g/mol. The second-order valence-electron chi connectivity index (χ2n) is 6.65. The second-order valence-corrected chi connectivity index (χ2v) is 6.65. The van der Waals surface area contributed by atoms with Crippen molar-refractivity contribution in [3.63, 3.8) is 0 Å². The lowest BCUT2D eigenvalue weighted by Crippen LogP contribution is -2.24. The molecule has 2 atom stereocenters. The molecule has 2 aliphatic heterocycles. The largest absolute Gasteiger partial charge is 0.508 e. The summed E-state index contributed by atoms with van der Waals surface area (Å²) in [5, 5.41) is 19.9. The number of fused-ring (bicyclic) bond motifs is 5. The van der Waals surface area contributed by atoms with Gasteiger partial charge >= 0.3 is 0 Å². The van der Waals surface area contributed by atoms with Crippen molar-refractivity contribution in [3.8, 4) is 23.0 Å². The van der Waals surface area contributed by atoms with Crippen LogP contribution >= 0.6 is 0 Å². The molecule has 2 heterocycles. The lowest BCUT2D eigenvalue weighted by atomic mass is 9.87. The molecule has 0 bridgehead atoms. The Morgan fingerprint density at radius 2 is 1.96 bits per heavy atom. The Balaban J connectivity index is 1.76. The smallest absolute Gasteiger partial charge is 0.138 e. The fraction of sp³-hybridized carbons (Fsp3) is 0.300. The van der Waals surface area contributed by atoms with Crippen LogP contribution in [0.3, 0.4) is 0 Å². The van der Waals surface area contributed by atoms with E-state index in [4.69, 9.17) is 9.47 Å². The minimum absolute atomic E-state index is 0.106. The van der Waals surface area contributed by atoms with E-state index >= 15 is 0 Å². The molecule has 0 aliphatic carbocycles. The molecule has 0 fully saturated rings. The number of hydrogen-bond donors (Lipinski definition) is 2. The van der Waals surface area contributed by atoms with E-state index in [-0.39, 0.29) is 23.5 Å². The van der Waals surface area contributed by atoms with Gasteiger partial charge in [-0.2, -0.15) is 0 Å². The molecule has 2 aromatic carbocycles. The van der Waals surface area contributed by atoms with Gasteiger partial charge in [-0.1, -0.05) is 17.7 Å². The van der Waals surface area contributed by atoms with Crippen molar-refractivity contribution in [1.82, 2.24) is 0 Å². The number of hydrogen-bond acceptors (Lipinski definition) is 4. The van der Waals surface area contributed by atoms with Crippen LogP contribution in [0.1, 0.15) is 42.6 Å². The maximum Gasteiger partial charge on any atom is 0.138 e. The summed E-state index contributed by atoms with van der Waals surface area (Å²) < 4.78 is 12.1. The Kier molecular flexibility index (Phi) is 3.41. The normalized spacial score (nSPS) is 20.2. The summed E-state index contributed by atoms with van der Waals surface area (Å²) in [5.41, 5.74) is 4.01. The first-order valence-corrected chi connectivity index (χ1v) is 8.15. The molecule has 4 heteroatoms. The van der Waals surface area contributed by atoms with Crippen LogP contribution in [0.4, 0.5) is 0 Å². The molecule has 124 valence electrons. The summed E-state index contributed by atoms with van der Waals surface area (Å²) in [4.78, 5) is 0. The third-order valence-electron chi connectivity index (χ3n) is 4.71. The Labute approximate surface area is 141 Å². The molecule has 24 heavy (non-hydrogen) atoms. The number of phenolic OH excluding ortho intramolecular Hbond substituents is 2. The highest BCUT2D eigenvalue weighted by Crippen LogP contribution is 2.53. The maximum absolute atomic E-state index is 10.2. The number of allylic oxidation sites excluding steroid dienone is 2. The summed E-state index contributed by atoms with van der Waals surface area (Å²) >= 11 is 0. The van der Waals surface area contributed by atoms with Crippen LogP contribution in [-0.2, 0) is 6.42 Å². The topological polar surface area (TPSA) is 58.9 Å². The molecule has 4 nitrogen and oxygen atoms in total. The summed E-state index contributed by atoms with van der Waals surface area (Å²) in [6.45, 7) is 4.57. The first-order valence-electron chi connectivity index (χ1n) is 8.15. The standard InChI is InChI=1S/C20H20O4/c1-11(2)3-5-14-17(22)8-7-15-19(14)23-10-16-13-6-4-12(21)9-18(13)24-20(15)16/h3-4,6-9,16,20-22H,5,10H2,1-2H3/t16-,20-/m0/s1. The zero-order valence-electron chi connectivity index (χ0n) is 13.7. The van der Waals surface area contributed by atoms with E-state index in [1.54, 1.807) is 18.2 Å². The van der Waals surface area contributed by atoms with Crippen LogP contribution in [-0.4, -0.2) is 16.8 Å². The minimum atomic E-state index is -0.142. The van der Waals surface area contributed by atoms with Crippen LogP contribution in [0, 0.1) is 0 Å². The van der Waals surface area contributed by atoms with Gasteiger partial charge in [0.2, 0.25) is 0 Å². The molecule has 2 aliphatic rings. The highest BCUT2D eigenvalue weighted by molar-refractivity contribution is 5.56. The molecule has 0 spiro atoms. The number of benzene rings is 2. The number of aromatic hydroxyl groups is 2. The zero-order valence-corrected chi connectivity index (χ0v) is 13.7. The molecule has 4 rings (SSSR count). The Morgan fingerprint density at radius 3 is 2.75 bits per heavy atom. The predicted molar refractivity (Wildman–Crippen MR) is 91.0 cm³/mol. The van der Waals surface area contributed by atoms with E-state index in [2.05, 4.69) is 6.08 Å². The van der Waals surface area contributed by atoms with E-state index in [1.807, 2.05) is 26.0 Å². The van der Waals surface area contributed by atoms with E-state index in [0.717, 1.165) is 22.4 Å². The van der Waals surface area contributed by atoms with Gasteiger partial charge in [-0.15, -0.1) is 0 Å². The monoisotopic (exact) mass is 324 g/mol. The maximum atomic E-state index is 10.2. The number of phenols is 2. The minimum Gasteiger partial charge on any atom is -0.508 e. The van der Waals surface area contributed by atoms with Gasteiger partial charge in [-0.3, -0.25) is 0 Å². The van der Waals surface area contributed by atoms with Gasteiger partial charge in [0.05, 0.1) is 12.5 Å². The first-order chi connectivity index (χ1) is 11.5. The molecule has 2 N–H and O–H groups in total. The molecule has 0 radical (unpaired) electrons. The van der Waals surface area contributed by atoms with Gasteiger partial charge in [0, 0.05) is 22.8 Å². The quantitative estimate of drug-likeness (QED) is 0.812. The van der Waals surface area contributed by atoms with Crippen molar-refractivity contribution in [2.45, 2.75) is 32.3 Å². The lowest BCUT2D eigenvalue weighted by molar-refractivity contribution is 0.138. The van der Waals surface area contributed by atoms with Crippen LogP contribution in [0.25, 0.3) is 0 Å². The lowest BCUT2D eigenvalue weighted by Gasteiger charge is -2.29. The molecular formula is C20H20O4. The third-order valence-corrected chi connectivity index (χ3v) is 4.71. The van der Waals surface area contributed by atoms with Gasteiger partial charge in [0.25, 0.3) is 0 Å². The molecular weight excluding hydrogens is 304 g/mol. The third kappa shape index (κ3) is 2.30.